The number of hydrogen-bond donors (Lipinski definition) is 2. The maximum absolute atomic E-state index is 12.4. The zero-order valence-corrected chi connectivity index (χ0v) is 21.0. The molecule has 0 aromatic rings. The van der Waals surface area contributed by atoms with Crippen LogP contribution in [-0.2, 0) is 14.8 Å². The first kappa shape index (κ1) is 25.3. The topological polar surface area (TPSA) is 83.0 Å². The van der Waals surface area contributed by atoms with Crippen LogP contribution >= 0.6 is 35.7 Å². The normalized spacial score (nSPS) is 28.8. The second kappa shape index (κ2) is 10.3. The van der Waals surface area contributed by atoms with Crippen molar-refractivity contribution in [3.05, 3.63) is 0 Å². The lowest BCUT2D eigenvalue weighted by atomic mass is 9.56. The van der Waals surface area contributed by atoms with Gasteiger partial charge in [0.2, 0.25) is 10.0 Å². The summed E-state index contributed by atoms with van der Waals surface area (Å²) >= 11 is 1.80. The number of aliphatic imine (C=N–C) groups is 1. The highest BCUT2D eigenvalue weighted by Gasteiger charge is 2.58. The monoisotopic (exact) mass is 534 g/mol. The molecule has 27 heavy (non-hydrogen) atoms. The van der Waals surface area contributed by atoms with Crippen LogP contribution in [0.3, 0.4) is 0 Å². The molecule has 2 rings (SSSR count). The Bertz CT molecular complexity index is 609. The van der Waals surface area contributed by atoms with Crippen LogP contribution in [0.1, 0.15) is 34.1 Å². The minimum absolute atomic E-state index is 0. The Hall–Kier alpha value is 0.220. The molecule has 0 spiro atoms. The molecule has 7 nitrogen and oxygen atoms in total. The molecule has 0 aromatic heterocycles. The number of nitrogens with zero attached hydrogens (tertiary/aromatic N) is 2. The van der Waals surface area contributed by atoms with Crippen LogP contribution in [-0.4, -0.2) is 80.9 Å². The van der Waals surface area contributed by atoms with Crippen molar-refractivity contribution in [2.45, 2.75) is 45.8 Å². The van der Waals surface area contributed by atoms with Gasteiger partial charge in [-0.05, 0) is 20.3 Å². The standard InChI is InChI=1S/C17H34N4O3S2.HI/c1-6-18-15(20-14-13-17(4,24-5)16(14,2)3)19-7-12-26(22,23)21-8-10-25-11-9-21;/h14H,6-13H2,1-5H3,(H2,18,19,20);1H. The molecule has 1 aliphatic carbocycles. The van der Waals surface area contributed by atoms with Gasteiger partial charge in [0.15, 0.2) is 5.96 Å². The first-order valence-corrected chi connectivity index (χ1v) is 12.1. The maximum atomic E-state index is 12.4. The lowest BCUT2D eigenvalue weighted by Gasteiger charge is -2.59. The van der Waals surface area contributed by atoms with Gasteiger partial charge in [0, 0.05) is 49.7 Å². The van der Waals surface area contributed by atoms with E-state index >= 15 is 0 Å². The van der Waals surface area contributed by atoms with Crippen LogP contribution < -0.4 is 10.6 Å². The highest BCUT2D eigenvalue weighted by Crippen LogP contribution is 2.51. The van der Waals surface area contributed by atoms with Crippen molar-refractivity contribution in [1.29, 1.82) is 0 Å². The summed E-state index contributed by atoms with van der Waals surface area (Å²) in [5.74, 6) is 2.48. The molecule has 2 N–H and O–H groups in total. The molecule has 0 amide bonds. The van der Waals surface area contributed by atoms with Crippen molar-refractivity contribution in [3.8, 4) is 0 Å². The van der Waals surface area contributed by atoms with Gasteiger partial charge >= 0.3 is 0 Å². The number of sulfonamides is 1. The molecule has 1 saturated carbocycles. The van der Waals surface area contributed by atoms with Crippen molar-refractivity contribution in [2.75, 3.05) is 50.5 Å². The molecule has 1 saturated heterocycles. The molecule has 10 heteroatoms. The Morgan fingerprint density at radius 2 is 1.93 bits per heavy atom. The number of halogens is 1. The zero-order chi connectivity index (χ0) is 19.4. The van der Waals surface area contributed by atoms with Crippen molar-refractivity contribution in [3.63, 3.8) is 0 Å². The number of guanidine groups is 1. The van der Waals surface area contributed by atoms with Gasteiger partial charge in [0.25, 0.3) is 0 Å². The molecule has 1 heterocycles. The van der Waals surface area contributed by atoms with E-state index in [4.69, 9.17) is 4.74 Å². The van der Waals surface area contributed by atoms with Gasteiger partial charge < -0.3 is 15.4 Å². The second-order valence-electron chi connectivity index (χ2n) is 7.65. The Kier molecular flexibility index (Phi) is 9.64. The molecule has 2 aliphatic rings. The van der Waals surface area contributed by atoms with E-state index in [1.54, 1.807) is 23.2 Å². The molecular weight excluding hydrogens is 499 g/mol. The van der Waals surface area contributed by atoms with Gasteiger partial charge in [-0.3, -0.25) is 4.99 Å². The molecule has 2 fully saturated rings. The van der Waals surface area contributed by atoms with Crippen molar-refractivity contribution >= 4 is 51.7 Å². The third-order valence-electron chi connectivity index (χ3n) is 5.92. The molecule has 0 radical (unpaired) electrons. The fourth-order valence-electron chi connectivity index (χ4n) is 3.43. The second-order valence-corrected chi connectivity index (χ2v) is 11.0. The predicted molar refractivity (Wildman–Crippen MR) is 125 cm³/mol. The fraction of sp³-hybridized carbons (Fsp3) is 0.941. The Labute approximate surface area is 185 Å². The van der Waals surface area contributed by atoms with Crippen molar-refractivity contribution in [1.82, 2.24) is 14.9 Å². The van der Waals surface area contributed by atoms with E-state index in [2.05, 4.69) is 36.4 Å². The number of ether oxygens (including phenoxy) is 1. The zero-order valence-electron chi connectivity index (χ0n) is 17.1. The summed E-state index contributed by atoms with van der Waals surface area (Å²) in [5, 5.41) is 6.66. The lowest BCUT2D eigenvalue weighted by Crippen LogP contribution is -2.69. The molecule has 1 aliphatic heterocycles. The number of thioether (sulfide) groups is 1. The van der Waals surface area contributed by atoms with Gasteiger partial charge in [0.05, 0.1) is 17.9 Å². The van der Waals surface area contributed by atoms with Gasteiger partial charge in [-0.2, -0.15) is 11.8 Å². The Balaban J connectivity index is 0.00000364. The third-order valence-corrected chi connectivity index (χ3v) is 8.71. The number of methoxy groups -OCH3 is 1. The minimum Gasteiger partial charge on any atom is -0.378 e. The van der Waals surface area contributed by atoms with Gasteiger partial charge in [-0.15, -0.1) is 24.0 Å². The number of rotatable bonds is 7. The van der Waals surface area contributed by atoms with Gasteiger partial charge in [0.1, 0.15) is 0 Å². The largest absolute Gasteiger partial charge is 0.378 e. The van der Waals surface area contributed by atoms with E-state index in [-0.39, 0.29) is 53.3 Å². The summed E-state index contributed by atoms with van der Waals surface area (Å²) in [6.45, 7) is 10.7. The molecule has 160 valence electrons. The first-order valence-electron chi connectivity index (χ1n) is 9.32. The minimum atomic E-state index is -3.22. The maximum Gasteiger partial charge on any atom is 0.215 e. The van der Waals surface area contributed by atoms with E-state index in [0.717, 1.165) is 24.5 Å². The SMILES string of the molecule is CCNC(=NCCS(=O)(=O)N1CCSCC1)NC1CC(C)(OC)C1(C)C.I. The fourth-order valence-corrected chi connectivity index (χ4v) is 5.89. The van der Waals surface area contributed by atoms with Crippen LogP contribution in [0.25, 0.3) is 0 Å². The smallest absolute Gasteiger partial charge is 0.215 e. The van der Waals surface area contributed by atoms with Crippen LogP contribution in [0.5, 0.6) is 0 Å². The summed E-state index contributed by atoms with van der Waals surface area (Å²) in [6, 6.07) is 0.237. The summed E-state index contributed by atoms with van der Waals surface area (Å²) in [5.41, 5.74) is -0.187. The van der Waals surface area contributed by atoms with E-state index in [1.165, 1.54) is 0 Å². The molecular formula is C17H35IN4O3S2. The summed E-state index contributed by atoms with van der Waals surface area (Å²) in [6.07, 6.45) is 0.894. The van der Waals surface area contributed by atoms with E-state index in [9.17, 15) is 8.42 Å². The van der Waals surface area contributed by atoms with Crippen LogP contribution in [0.4, 0.5) is 0 Å². The average molecular weight is 535 g/mol. The lowest BCUT2D eigenvalue weighted by molar-refractivity contribution is -0.176. The van der Waals surface area contributed by atoms with Gasteiger partial charge in [-0.25, -0.2) is 12.7 Å². The van der Waals surface area contributed by atoms with Crippen LogP contribution in [0.15, 0.2) is 4.99 Å². The summed E-state index contributed by atoms with van der Waals surface area (Å²) < 4.78 is 32.1. The van der Waals surface area contributed by atoms with Crippen LogP contribution in [0.2, 0.25) is 0 Å². The molecule has 2 unspecified atom stereocenters. The van der Waals surface area contributed by atoms with Crippen molar-refractivity contribution in [2.24, 2.45) is 10.4 Å². The van der Waals surface area contributed by atoms with E-state index in [1.807, 2.05) is 6.92 Å². The molecule has 2 atom stereocenters. The van der Waals surface area contributed by atoms with E-state index in [0.29, 0.717) is 19.0 Å². The summed E-state index contributed by atoms with van der Waals surface area (Å²) in [7, 11) is -1.47. The quantitative estimate of drug-likeness (QED) is 0.294. The van der Waals surface area contributed by atoms with Crippen LogP contribution in [0, 0.1) is 5.41 Å². The number of nitrogens with one attached hydrogen (secondary N) is 2. The molecule has 0 bridgehead atoms. The predicted octanol–water partition coefficient (Wildman–Crippen LogP) is 1.74. The Morgan fingerprint density at radius 1 is 1.30 bits per heavy atom. The summed E-state index contributed by atoms with van der Waals surface area (Å²) in [4.78, 5) is 4.50. The average Bonchev–Trinajstić information content (AvgIpc) is 2.61. The highest BCUT2D eigenvalue weighted by molar-refractivity contribution is 14.0. The van der Waals surface area contributed by atoms with Gasteiger partial charge in [-0.1, -0.05) is 13.8 Å². The number of hydrogen-bond acceptors (Lipinski definition) is 5. The molecule has 0 aromatic carbocycles. The van der Waals surface area contributed by atoms with E-state index < -0.39 is 10.0 Å². The Morgan fingerprint density at radius 3 is 2.44 bits per heavy atom. The third kappa shape index (κ3) is 5.86. The van der Waals surface area contributed by atoms with Crippen molar-refractivity contribution < 1.29 is 13.2 Å². The highest BCUT2D eigenvalue weighted by atomic mass is 127. The first-order chi connectivity index (χ1) is 12.2.